The molecule has 2 aromatic carbocycles. The van der Waals surface area contributed by atoms with E-state index in [9.17, 15) is 4.79 Å². The average molecular weight is 443 g/mol. The van der Waals surface area contributed by atoms with Gasteiger partial charge in [-0.25, -0.2) is 0 Å². The molecule has 1 unspecified atom stereocenters. The summed E-state index contributed by atoms with van der Waals surface area (Å²) in [5.41, 5.74) is 8.44. The van der Waals surface area contributed by atoms with Crippen LogP contribution in [0.2, 0.25) is 0 Å². The smallest absolute Gasteiger partial charge is 0.270 e. The number of nitrogen functional groups attached to an aromatic ring is 1. The van der Waals surface area contributed by atoms with Crippen LogP contribution in [0.15, 0.2) is 60.7 Å². The highest BCUT2D eigenvalue weighted by molar-refractivity contribution is 5.98. The summed E-state index contributed by atoms with van der Waals surface area (Å²) < 4.78 is 0. The topological polar surface area (TPSA) is 116 Å². The van der Waals surface area contributed by atoms with Gasteiger partial charge in [0.25, 0.3) is 5.91 Å². The number of rotatable bonds is 5. The van der Waals surface area contributed by atoms with Gasteiger partial charge in [-0.3, -0.25) is 9.69 Å². The van der Waals surface area contributed by atoms with Gasteiger partial charge in [-0.15, -0.1) is 0 Å². The number of carbonyl (C=O) groups excluding carboxylic acids is 1. The van der Waals surface area contributed by atoms with Crippen molar-refractivity contribution in [3.8, 4) is 0 Å². The van der Waals surface area contributed by atoms with E-state index >= 15 is 0 Å². The third kappa shape index (κ3) is 4.49. The molecule has 1 atom stereocenters. The van der Waals surface area contributed by atoms with E-state index in [1.807, 2.05) is 65.6 Å². The monoisotopic (exact) mass is 442 g/mol. The molecule has 1 saturated heterocycles. The van der Waals surface area contributed by atoms with Gasteiger partial charge in [0.05, 0.1) is 6.04 Å². The van der Waals surface area contributed by atoms with Crippen LogP contribution < -0.4 is 11.1 Å². The molecule has 1 aliphatic rings. The van der Waals surface area contributed by atoms with Gasteiger partial charge in [-0.05, 0) is 31.2 Å². The highest BCUT2D eigenvalue weighted by Crippen LogP contribution is 2.22. The predicted molar refractivity (Wildman–Crippen MR) is 128 cm³/mol. The standard InChI is InChI=1S/C24H26N8O/c1-16(21-28-23(25)30-24(29-21)26-18-8-3-2-4-9-18)31-11-13-32(14-12-31)22(33)20-15-17-7-5-6-10-19(17)27-20/h2-10,15-16,27H,11-14H2,1H3,(H3,25,26,28,29,30). The Labute approximate surface area is 191 Å². The molecule has 0 saturated carbocycles. The number of nitrogens with zero attached hydrogens (tertiary/aromatic N) is 5. The molecule has 3 heterocycles. The fraction of sp³-hybridized carbons (Fsp3) is 0.250. The molecule has 1 fully saturated rings. The molecule has 0 spiro atoms. The molecule has 168 valence electrons. The number of nitrogens with two attached hydrogens (primary N) is 1. The predicted octanol–water partition coefficient (Wildman–Crippen LogP) is 3.20. The summed E-state index contributed by atoms with van der Waals surface area (Å²) >= 11 is 0. The molecule has 1 amide bonds. The van der Waals surface area contributed by atoms with Crippen LogP contribution in [-0.2, 0) is 0 Å². The number of nitrogens with one attached hydrogen (secondary N) is 2. The van der Waals surface area contributed by atoms with Crippen LogP contribution in [0.4, 0.5) is 17.6 Å². The quantitative estimate of drug-likeness (QED) is 0.435. The van der Waals surface area contributed by atoms with Gasteiger partial charge in [0.15, 0.2) is 5.82 Å². The summed E-state index contributed by atoms with van der Waals surface area (Å²) in [5, 5.41) is 4.22. The fourth-order valence-electron chi connectivity index (χ4n) is 4.14. The molecule has 9 heteroatoms. The molecule has 0 aliphatic carbocycles. The Bertz CT molecular complexity index is 1230. The van der Waals surface area contributed by atoms with Crippen molar-refractivity contribution in [3.05, 3.63) is 72.2 Å². The Morgan fingerprint density at radius 1 is 1.00 bits per heavy atom. The van der Waals surface area contributed by atoms with Gasteiger partial charge >= 0.3 is 0 Å². The first-order chi connectivity index (χ1) is 16.1. The number of hydrogen-bond donors (Lipinski definition) is 3. The van der Waals surface area contributed by atoms with Crippen molar-refractivity contribution < 1.29 is 4.79 Å². The van der Waals surface area contributed by atoms with Gasteiger partial charge in [0.2, 0.25) is 11.9 Å². The van der Waals surface area contributed by atoms with Crippen molar-refractivity contribution >= 4 is 34.4 Å². The minimum Gasteiger partial charge on any atom is -0.368 e. The van der Waals surface area contributed by atoms with E-state index in [0.717, 1.165) is 29.7 Å². The van der Waals surface area contributed by atoms with Crippen molar-refractivity contribution in [3.63, 3.8) is 0 Å². The van der Waals surface area contributed by atoms with Crippen molar-refractivity contribution in [2.24, 2.45) is 0 Å². The maximum Gasteiger partial charge on any atom is 0.270 e. The van der Waals surface area contributed by atoms with E-state index in [2.05, 4.69) is 37.1 Å². The van der Waals surface area contributed by atoms with Crippen molar-refractivity contribution in [1.82, 2.24) is 29.7 Å². The lowest BCUT2D eigenvalue weighted by Gasteiger charge is -2.37. The zero-order chi connectivity index (χ0) is 22.8. The zero-order valence-corrected chi connectivity index (χ0v) is 18.4. The highest BCUT2D eigenvalue weighted by atomic mass is 16.2. The molecule has 1 aliphatic heterocycles. The normalized spacial score (nSPS) is 15.5. The second kappa shape index (κ2) is 8.87. The Kier molecular flexibility index (Phi) is 5.62. The summed E-state index contributed by atoms with van der Waals surface area (Å²) in [6.45, 7) is 4.76. The van der Waals surface area contributed by atoms with E-state index in [1.165, 1.54) is 0 Å². The minimum absolute atomic E-state index is 0.0252. The third-order valence-corrected chi connectivity index (χ3v) is 5.98. The van der Waals surface area contributed by atoms with E-state index in [0.29, 0.717) is 30.6 Å². The van der Waals surface area contributed by atoms with Gasteiger partial charge in [0, 0.05) is 42.8 Å². The van der Waals surface area contributed by atoms with Gasteiger partial charge in [-0.1, -0.05) is 36.4 Å². The molecule has 2 aromatic heterocycles. The van der Waals surface area contributed by atoms with Crippen molar-refractivity contribution in [2.75, 3.05) is 37.2 Å². The number of hydrogen-bond acceptors (Lipinski definition) is 7. The molecule has 4 N–H and O–H groups in total. The first-order valence-electron chi connectivity index (χ1n) is 11.0. The second-order valence-electron chi connectivity index (χ2n) is 8.14. The zero-order valence-electron chi connectivity index (χ0n) is 18.4. The molecule has 33 heavy (non-hydrogen) atoms. The Hall–Kier alpha value is -3.98. The molecular formula is C24H26N8O. The number of amides is 1. The summed E-state index contributed by atoms with van der Waals surface area (Å²) in [6, 6.07) is 19.5. The number of benzene rings is 2. The first kappa shape index (κ1) is 20.9. The number of aromatic amines is 1. The van der Waals surface area contributed by atoms with Crippen LogP contribution in [-0.4, -0.2) is 61.8 Å². The van der Waals surface area contributed by atoms with Crippen LogP contribution in [0.3, 0.4) is 0 Å². The molecule has 4 aromatic rings. The Balaban J connectivity index is 1.24. The summed E-state index contributed by atoms with van der Waals surface area (Å²) in [5.74, 6) is 1.23. The molecule has 5 rings (SSSR count). The van der Waals surface area contributed by atoms with Crippen LogP contribution in [0.1, 0.15) is 29.3 Å². The summed E-state index contributed by atoms with van der Waals surface area (Å²) in [6.07, 6.45) is 0. The lowest BCUT2D eigenvalue weighted by atomic mass is 10.2. The summed E-state index contributed by atoms with van der Waals surface area (Å²) in [7, 11) is 0. The maximum atomic E-state index is 13.0. The van der Waals surface area contributed by atoms with E-state index in [-0.39, 0.29) is 17.9 Å². The number of H-pyrrole nitrogens is 1. The van der Waals surface area contributed by atoms with Gasteiger partial charge < -0.3 is 20.9 Å². The number of piperazine rings is 1. The van der Waals surface area contributed by atoms with Crippen molar-refractivity contribution in [1.29, 1.82) is 0 Å². The maximum absolute atomic E-state index is 13.0. The van der Waals surface area contributed by atoms with Crippen LogP contribution in [0, 0.1) is 0 Å². The lowest BCUT2D eigenvalue weighted by Crippen LogP contribution is -2.49. The molecular weight excluding hydrogens is 416 g/mol. The minimum atomic E-state index is -0.0584. The molecule has 0 radical (unpaired) electrons. The number of anilines is 3. The van der Waals surface area contributed by atoms with Crippen molar-refractivity contribution in [2.45, 2.75) is 13.0 Å². The molecule has 9 nitrogen and oxygen atoms in total. The van der Waals surface area contributed by atoms with E-state index in [1.54, 1.807) is 0 Å². The SMILES string of the molecule is CC(c1nc(N)nc(Nc2ccccc2)n1)N1CCN(C(=O)c2cc3ccccc3[nH]2)CC1. The highest BCUT2D eigenvalue weighted by Gasteiger charge is 2.27. The third-order valence-electron chi connectivity index (χ3n) is 5.98. The van der Waals surface area contributed by atoms with E-state index in [4.69, 9.17) is 5.73 Å². The Morgan fingerprint density at radius 3 is 2.48 bits per heavy atom. The number of fused-ring (bicyclic) bond motifs is 1. The van der Waals surface area contributed by atoms with Gasteiger partial charge in [0.1, 0.15) is 5.69 Å². The van der Waals surface area contributed by atoms with Crippen LogP contribution in [0.5, 0.6) is 0 Å². The summed E-state index contributed by atoms with van der Waals surface area (Å²) in [4.78, 5) is 33.5. The second-order valence-corrected chi connectivity index (χ2v) is 8.14. The number of aromatic nitrogens is 4. The Morgan fingerprint density at radius 2 is 1.73 bits per heavy atom. The fourth-order valence-corrected chi connectivity index (χ4v) is 4.14. The number of para-hydroxylation sites is 2. The largest absolute Gasteiger partial charge is 0.368 e. The first-order valence-corrected chi connectivity index (χ1v) is 11.0. The van der Waals surface area contributed by atoms with Gasteiger partial charge in [-0.2, -0.15) is 15.0 Å². The lowest BCUT2D eigenvalue weighted by molar-refractivity contribution is 0.0571. The number of carbonyl (C=O) groups is 1. The van der Waals surface area contributed by atoms with Crippen LogP contribution >= 0.6 is 0 Å². The van der Waals surface area contributed by atoms with Crippen LogP contribution in [0.25, 0.3) is 10.9 Å². The van der Waals surface area contributed by atoms with E-state index < -0.39 is 0 Å². The average Bonchev–Trinajstić information content (AvgIpc) is 3.28. The molecule has 0 bridgehead atoms.